The van der Waals surface area contributed by atoms with Gasteiger partial charge in [-0.25, -0.2) is 0 Å². The number of methoxy groups -OCH3 is 2. The fourth-order valence-electron chi connectivity index (χ4n) is 17.0. The summed E-state index contributed by atoms with van der Waals surface area (Å²) in [6, 6.07) is -0.168. The zero-order chi connectivity index (χ0) is 61.6. The Balaban J connectivity index is 0.000000233. The highest BCUT2D eigenvalue weighted by Gasteiger charge is 2.74. The maximum atomic E-state index is 14.0. The van der Waals surface area contributed by atoms with Gasteiger partial charge in [-0.1, -0.05) is 57.4 Å². The van der Waals surface area contributed by atoms with E-state index in [0.29, 0.717) is 32.5 Å². The number of amides is 4. The lowest BCUT2D eigenvalue weighted by atomic mass is 9.53. The van der Waals surface area contributed by atoms with E-state index in [2.05, 4.69) is 92.8 Å². The third-order valence-corrected chi connectivity index (χ3v) is 22.8. The van der Waals surface area contributed by atoms with Gasteiger partial charge in [-0.15, -0.1) is 17.9 Å². The fraction of sp³-hybridized carbons (Fsp3) is 0.866. The number of hydrogen-bond donors (Lipinski definition) is 5. The molecule has 9 saturated carbocycles. The second kappa shape index (κ2) is 29.4. The molecule has 17 nitrogen and oxygen atoms in total. The third kappa shape index (κ3) is 14.7. The lowest BCUT2D eigenvalue weighted by Crippen LogP contribution is -2.62. The summed E-state index contributed by atoms with van der Waals surface area (Å²) in [6.45, 7) is 19.7. The summed E-state index contributed by atoms with van der Waals surface area (Å²) in [5, 5.41) is 22.0. The zero-order valence-corrected chi connectivity index (χ0v) is 55.9. The van der Waals surface area contributed by atoms with Gasteiger partial charge < -0.3 is 59.5 Å². The van der Waals surface area contributed by atoms with Crippen molar-refractivity contribution in [3.8, 4) is 0 Å². The molecule has 4 amide bonds. The fourth-order valence-corrected chi connectivity index (χ4v) is 17.0. The van der Waals surface area contributed by atoms with Crippen LogP contribution in [0.25, 0.3) is 0 Å². The van der Waals surface area contributed by atoms with Crippen LogP contribution in [-0.4, -0.2) is 147 Å². The van der Waals surface area contributed by atoms with E-state index >= 15 is 0 Å². The van der Waals surface area contributed by atoms with Gasteiger partial charge in [0.15, 0.2) is 0 Å². The number of ether oxygens (including phenoxy) is 7. The first-order valence-electron chi connectivity index (χ1n) is 33.0. The summed E-state index contributed by atoms with van der Waals surface area (Å²) in [4.78, 5) is 66.1. The van der Waals surface area contributed by atoms with Gasteiger partial charge in [-0.05, 0) is 183 Å². The van der Waals surface area contributed by atoms with Crippen molar-refractivity contribution in [2.45, 2.75) is 276 Å². The number of epoxide rings is 4. The molecule has 13 aliphatic rings. The molecular weight excluding hydrogens is 1130 g/mol. The highest BCUT2D eigenvalue weighted by molar-refractivity contribution is 7.92. The van der Waals surface area contributed by atoms with E-state index in [1.165, 1.54) is 11.1 Å². The van der Waals surface area contributed by atoms with Gasteiger partial charge in [0.25, 0.3) is 0 Å². The van der Waals surface area contributed by atoms with Gasteiger partial charge in [-0.2, -0.15) is 0 Å². The minimum absolute atomic E-state index is 0. The van der Waals surface area contributed by atoms with Crippen molar-refractivity contribution in [3.63, 3.8) is 0 Å². The van der Waals surface area contributed by atoms with Gasteiger partial charge in [0, 0.05) is 67.4 Å². The molecule has 13 fully saturated rings. The van der Waals surface area contributed by atoms with Crippen LogP contribution in [-0.2, 0) is 57.1 Å². The third-order valence-electron chi connectivity index (χ3n) is 22.8. The number of esters is 1. The van der Waals surface area contributed by atoms with Gasteiger partial charge in [0.1, 0.15) is 11.2 Å². The van der Waals surface area contributed by atoms with E-state index in [9.17, 15) is 24.0 Å². The van der Waals surface area contributed by atoms with Crippen LogP contribution in [0.4, 0.5) is 0 Å². The quantitative estimate of drug-likeness (QED) is 0.0224. The predicted molar refractivity (Wildman–Crippen MR) is 341 cm³/mol. The largest absolute Gasteiger partial charge is 0.465 e. The molecule has 2 spiro atoms. The summed E-state index contributed by atoms with van der Waals surface area (Å²) in [7, 11) is 8.17. The molecule has 4 bridgehead atoms. The molecule has 14 atom stereocenters. The zero-order valence-electron chi connectivity index (χ0n) is 53.6. The molecule has 0 aromatic rings. The van der Waals surface area contributed by atoms with Crippen molar-refractivity contribution in [3.05, 3.63) is 23.3 Å². The van der Waals surface area contributed by atoms with Crippen molar-refractivity contribution < 1.29 is 62.2 Å². The molecule has 0 aromatic carbocycles. The van der Waals surface area contributed by atoms with Crippen LogP contribution in [0.5, 0.6) is 0 Å². The molecule has 5 N–H and O–H groups in total. The first-order valence-corrected chi connectivity index (χ1v) is 35.6. The molecule has 13 rings (SSSR count). The molecule has 4 aliphatic heterocycles. The molecule has 0 aromatic heterocycles. The van der Waals surface area contributed by atoms with Crippen LogP contribution in [0.1, 0.15) is 217 Å². The maximum absolute atomic E-state index is 14.0. The Morgan fingerprint density at radius 3 is 1.23 bits per heavy atom. The van der Waals surface area contributed by atoms with Gasteiger partial charge in [-0.3, -0.25) is 24.0 Å². The Labute approximate surface area is 521 Å². The van der Waals surface area contributed by atoms with E-state index in [-0.39, 0.29) is 131 Å². The van der Waals surface area contributed by atoms with E-state index < -0.39 is 10.8 Å². The summed E-state index contributed by atoms with van der Waals surface area (Å²) in [5.74, 6) is 0.560. The van der Waals surface area contributed by atoms with E-state index in [0.717, 1.165) is 154 Å². The van der Waals surface area contributed by atoms with Crippen LogP contribution in [0.2, 0.25) is 0 Å². The molecule has 4 heterocycles. The molecule has 19 heteroatoms. The highest BCUT2D eigenvalue weighted by Crippen LogP contribution is 2.63. The number of aliphatic hydroxyl groups excluding tert-OH is 1. The molecule has 2 unspecified atom stereocenters. The van der Waals surface area contributed by atoms with Crippen LogP contribution in [0, 0.1) is 39.4 Å². The number of aliphatic hydroxyl groups is 1. The maximum Gasteiger partial charge on any atom is 0.308 e. The van der Waals surface area contributed by atoms with E-state index in [1.54, 1.807) is 14.2 Å². The summed E-state index contributed by atoms with van der Waals surface area (Å²) < 4.78 is 42.6. The van der Waals surface area contributed by atoms with E-state index in [4.69, 9.17) is 38.3 Å². The first-order chi connectivity index (χ1) is 40.7. The first kappa shape index (κ1) is 70.9. The smallest absolute Gasteiger partial charge is 0.308 e. The number of hydrogen-bond acceptors (Lipinski definition) is 13. The molecule has 4 saturated heterocycles. The predicted octanol–water partition coefficient (Wildman–Crippen LogP) is 10.1. The van der Waals surface area contributed by atoms with Crippen LogP contribution in [0.3, 0.4) is 0 Å². The number of fused-ring (bicyclic) bond motifs is 6. The number of allylic oxidation sites excluding steroid dienone is 2. The lowest BCUT2D eigenvalue weighted by Gasteiger charge is -2.52. The molecule has 490 valence electrons. The van der Waals surface area contributed by atoms with Crippen molar-refractivity contribution in [1.82, 2.24) is 21.3 Å². The molecule has 9 aliphatic carbocycles. The Morgan fingerprint density at radius 1 is 0.558 bits per heavy atom. The SMILES string of the molecule is C.CC.CO[C@@H]1[C@H](NC(=O)C23CCC(C(=O)NCCCO)(CC2)CC3)CC[C@]2(CO2)[C@H]1[C@@]1(C)O[C@@H]1CC=C(C)C.CO[C@@H]1[C@H](NC(=O)C23CCC(C(=O)NCCCOC(=O)C4CCCC4)(CC2)CC3)CC[C@]2(CO2)[C@H]1[C@@]1(C)O[C@@H]1CC=C(C)C.PP. The Hall–Kier alpha value is -2.59. The Morgan fingerprint density at radius 2 is 0.907 bits per heavy atom. The highest BCUT2D eigenvalue weighted by atomic mass is 32.0. The Bertz CT molecular complexity index is 2350. The minimum atomic E-state index is -0.415. The average molecular weight is 1250 g/mol. The molecular formula is C67H114N4O13P2. The second-order valence-electron chi connectivity index (χ2n) is 28.1. The topological polar surface area (TPSA) is 232 Å². The van der Waals surface area contributed by atoms with Crippen LogP contribution < -0.4 is 21.3 Å². The summed E-state index contributed by atoms with van der Waals surface area (Å²) in [6.07, 6.45) is 23.8. The summed E-state index contributed by atoms with van der Waals surface area (Å²) in [5.41, 5.74) is -0.0259. The van der Waals surface area contributed by atoms with Crippen molar-refractivity contribution in [2.24, 2.45) is 39.4 Å². The van der Waals surface area contributed by atoms with Crippen LogP contribution in [0.15, 0.2) is 23.3 Å². The number of carbonyl (C=O) groups is 5. The van der Waals surface area contributed by atoms with E-state index in [1.807, 2.05) is 13.8 Å². The monoisotopic (exact) mass is 1240 g/mol. The van der Waals surface area contributed by atoms with Gasteiger partial charge in [0.05, 0.1) is 73.4 Å². The molecule has 0 radical (unpaired) electrons. The average Bonchev–Trinajstić information content (AvgIpc) is 1.53. The van der Waals surface area contributed by atoms with Crippen molar-refractivity contribution in [2.75, 3.05) is 53.7 Å². The van der Waals surface area contributed by atoms with Crippen molar-refractivity contribution >= 4 is 47.5 Å². The normalized spacial score (nSPS) is 39.9. The van der Waals surface area contributed by atoms with Gasteiger partial charge >= 0.3 is 5.97 Å². The standard InChI is InChI=1S/C35H54N2O7.C29H46N2O6.C2H6.CH4.H4P2/c1-23(2)10-11-26-32(3,44-26)28-27(41-4)25(12-13-35(28)22-43-35)37-31(40)34-17-14-33(15-18-34,16-19-34)30(39)36-20-7-21-42-29(38)24-8-5-6-9-24;1-19(2)6-7-21-26(3,37-21)23-22(35-4)20(8-9-29(23)18-36-29)31-25(34)28-13-10-27(11-14-28,12-15-28)24(33)30-16-5-17-32;1-2;;1-2/h10,24-28H,5-9,11-22H2,1-4H3,(H,36,39)(H,37,40);6,20-23,32H,5,7-18H2,1-4H3,(H,30,33)(H,31,34);1-2H3;1H4;1-2H2/t25-,26-,27-,28-,32+,33?,34?,35+;20-,21-,22-,23-,26+,27?,28?,29+;;;/m11.../s1. The van der Waals surface area contributed by atoms with Crippen LogP contribution >= 0.6 is 17.9 Å². The Kier molecular flexibility index (Phi) is 24.2. The lowest BCUT2D eigenvalue weighted by molar-refractivity contribution is -0.153. The number of carbonyl (C=O) groups excluding carboxylic acids is 5. The minimum Gasteiger partial charge on any atom is -0.465 e. The van der Waals surface area contributed by atoms with Crippen molar-refractivity contribution in [1.29, 1.82) is 0 Å². The number of nitrogens with one attached hydrogen (secondary N) is 4. The molecule has 86 heavy (non-hydrogen) atoms. The second-order valence-corrected chi connectivity index (χ2v) is 28.1. The summed E-state index contributed by atoms with van der Waals surface area (Å²) >= 11 is 0. The van der Waals surface area contributed by atoms with Gasteiger partial charge in [0.2, 0.25) is 23.6 Å². The number of rotatable bonds is 22.